The third-order valence-corrected chi connectivity index (χ3v) is 0. The largest absolute Gasteiger partial charge is 2.00 e. The third kappa shape index (κ3) is 74.0. The molecule has 50 valence electrons. The topological polar surface area (TPSA) is 77.8 Å². The molecule has 0 amide bonds. The summed E-state index contributed by atoms with van der Waals surface area (Å²) in [6, 6.07) is 0. The molecule has 0 aliphatic heterocycles. The minimum atomic E-state index is -4.64. The second-order valence-electron chi connectivity index (χ2n) is 0.513. The van der Waals surface area contributed by atoms with Crippen molar-refractivity contribution in [1.82, 2.24) is 0 Å². The van der Waals surface area contributed by atoms with E-state index in [1.54, 1.807) is 0 Å². The Labute approximate surface area is 155 Å². The zero-order valence-electron chi connectivity index (χ0n) is 10.0. The number of halogens is 1. The van der Waals surface area contributed by atoms with Gasteiger partial charge >= 0.3 is 120 Å². The van der Waals surface area contributed by atoms with Crippen LogP contribution in [0.4, 0.5) is 0 Å². The van der Waals surface area contributed by atoms with Crippen molar-refractivity contribution < 1.29 is 77.8 Å². The molecule has 9 heavy (non-hydrogen) atoms. The van der Waals surface area contributed by atoms with E-state index in [-0.39, 0.29) is 132 Å². The fourth-order valence-electron chi connectivity index (χ4n) is 0. The summed E-state index contributed by atoms with van der Waals surface area (Å²) in [7, 11) is -4.64. The van der Waals surface area contributed by atoms with Crippen molar-refractivity contribution in [1.29, 1.82) is 0 Å². The SMILES string of the molecule is Cl.O=P(O)(O)O.[Ca+2].[H-].[H-].[H-].[H-].[H-].[K+].[Mg+2]. The maximum atomic E-state index is 8.88. The molecule has 0 saturated heterocycles. The molecule has 3 N–H and O–H groups in total. The van der Waals surface area contributed by atoms with Crippen LogP contribution in [0.5, 0.6) is 0 Å². The molecule has 4 nitrogen and oxygen atoms in total. The van der Waals surface area contributed by atoms with Crippen LogP contribution in [-0.4, -0.2) is 75.5 Å². The minimum absolute atomic E-state index is 0. The maximum Gasteiger partial charge on any atom is 2.00 e. The van der Waals surface area contributed by atoms with E-state index in [9.17, 15) is 0 Å². The Morgan fingerprint density at radius 2 is 1.22 bits per heavy atom. The second kappa shape index (κ2) is 14.6. The minimum Gasteiger partial charge on any atom is -1.00 e. The van der Waals surface area contributed by atoms with Crippen LogP contribution in [0.2, 0.25) is 0 Å². The summed E-state index contributed by atoms with van der Waals surface area (Å²) in [4.78, 5) is 21.6. The van der Waals surface area contributed by atoms with Crippen LogP contribution < -0.4 is 51.4 Å². The van der Waals surface area contributed by atoms with Crippen LogP contribution in [0.3, 0.4) is 0 Å². The predicted molar refractivity (Wildman–Crippen MR) is 38.6 cm³/mol. The third-order valence-electron chi connectivity index (χ3n) is 0. The van der Waals surface area contributed by atoms with Gasteiger partial charge in [0, 0.05) is 0 Å². The van der Waals surface area contributed by atoms with Crippen LogP contribution in [-0.2, 0) is 4.57 Å². The Morgan fingerprint density at radius 1 is 1.22 bits per heavy atom. The quantitative estimate of drug-likeness (QED) is 0.302. The average Bonchev–Trinajstić information content (AvgIpc) is 0.722. The molecule has 0 aliphatic carbocycles. The monoisotopic (exact) mass is 242 g/mol. The van der Waals surface area contributed by atoms with E-state index in [4.69, 9.17) is 19.2 Å². The van der Waals surface area contributed by atoms with E-state index in [0.717, 1.165) is 0 Å². The van der Waals surface area contributed by atoms with Gasteiger partial charge in [0.05, 0.1) is 0 Å². The molecule has 0 aliphatic rings. The molecular formula is H9CaClKMgO4P. The fourth-order valence-corrected chi connectivity index (χ4v) is 0. The summed E-state index contributed by atoms with van der Waals surface area (Å²) in [5.41, 5.74) is 0. The Kier molecular flexibility index (Phi) is 47.4. The van der Waals surface area contributed by atoms with E-state index in [1.807, 2.05) is 0 Å². The van der Waals surface area contributed by atoms with E-state index in [0.29, 0.717) is 0 Å². The molecule has 0 radical (unpaired) electrons. The maximum absolute atomic E-state index is 8.88. The summed E-state index contributed by atoms with van der Waals surface area (Å²) in [5.74, 6) is 0. The number of rotatable bonds is 0. The van der Waals surface area contributed by atoms with Gasteiger partial charge in [-0.05, 0) is 0 Å². The summed E-state index contributed by atoms with van der Waals surface area (Å²) in [6.07, 6.45) is 0. The average molecular weight is 243 g/mol. The molecule has 0 unspecified atom stereocenters. The van der Waals surface area contributed by atoms with Crippen molar-refractivity contribution in [3.05, 3.63) is 0 Å². The standard InChI is InChI=1S/Ca.ClH.K.Mg.H3O4P.5H/c;;;;1-5(2,3)4;;;;;/h;1H;;;(H3,1,2,3,4);;;;;/q+2;;+1;+2;;5*-1. The van der Waals surface area contributed by atoms with Crippen molar-refractivity contribution in [3.8, 4) is 0 Å². The molecule has 0 aromatic carbocycles. The zero-order valence-corrected chi connectivity index (χ0v) is 13.5. The Morgan fingerprint density at radius 3 is 1.22 bits per heavy atom. The first-order valence-corrected chi connectivity index (χ1v) is 2.35. The number of hydrogen-bond donors (Lipinski definition) is 3. The van der Waals surface area contributed by atoms with Gasteiger partial charge in [-0.25, -0.2) is 4.57 Å². The first kappa shape index (κ1) is 29.2. The summed E-state index contributed by atoms with van der Waals surface area (Å²) in [6.45, 7) is 0. The van der Waals surface area contributed by atoms with E-state index in [2.05, 4.69) is 0 Å². The van der Waals surface area contributed by atoms with Crippen molar-refractivity contribution in [2.24, 2.45) is 0 Å². The van der Waals surface area contributed by atoms with E-state index < -0.39 is 7.82 Å². The van der Waals surface area contributed by atoms with Crippen LogP contribution in [0, 0.1) is 0 Å². The first-order valence-electron chi connectivity index (χ1n) is 0.783. The van der Waals surface area contributed by atoms with Gasteiger partial charge in [-0.3, -0.25) is 0 Å². The van der Waals surface area contributed by atoms with E-state index in [1.165, 1.54) is 0 Å². The Bertz CT molecular complexity index is 79.9. The molecule has 0 bridgehead atoms. The van der Waals surface area contributed by atoms with Gasteiger partial charge in [0.25, 0.3) is 0 Å². The molecule has 0 fully saturated rings. The van der Waals surface area contributed by atoms with Gasteiger partial charge in [-0.1, -0.05) is 0 Å². The van der Waals surface area contributed by atoms with Crippen LogP contribution >= 0.6 is 20.2 Å². The molecule has 0 aromatic heterocycles. The molecule has 0 saturated carbocycles. The summed E-state index contributed by atoms with van der Waals surface area (Å²) in [5, 5.41) is 0. The van der Waals surface area contributed by atoms with Crippen LogP contribution in [0.1, 0.15) is 7.13 Å². The van der Waals surface area contributed by atoms with Gasteiger partial charge in [0.2, 0.25) is 0 Å². The van der Waals surface area contributed by atoms with Crippen molar-refractivity contribution in [3.63, 3.8) is 0 Å². The molecular weight excluding hydrogens is 234 g/mol. The smallest absolute Gasteiger partial charge is 1.00 e. The van der Waals surface area contributed by atoms with Gasteiger partial charge in [-0.2, -0.15) is 0 Å². The Balaban J connectivity index is -0.00000000222. The molecule has 9 heteroatoms. The van der Waals surface area contributed by atoms with Crippen molar-refractivity contribution in [2.45, 2.75) is 0 Å². The molecule has 0 aromatic rings. The van der Waals surface area contributed by atoms with Gasteiger partial charge in [0.15, 0.2) is 0 Å². The Hall–Kier alpha value is 4.06. The number of phosphoric acid groups is 1. The van der Waals surface area contributed by atoms with Crippen LogP contribution in [0.15, 0.2) is 0 Å². The number of hydrogen-bond acceptors (Lipinski definition) is 1. The molecule has 0 atom stereocenters. The summed E-state index contributed by atoms with van der Waals surface area (Å²) >= 11 is 0. The van der Waals surface area contributed by atoms with E-state index >= 15 is 0 Å². The normalized spacial score (nSPS) is 6.56. The zero-order chi connectivity index (χ0) is 4.50. The van der Waals surface area contributed by atoms with Crippen molar-refractivity contribution in [2.75, 3.05) is 0 Å². The second-order valence-corrected chi connectivity index (χ2v) is 1.54. The summed E-state index contributed by atoms with van der Waals surface area (Å²) < 4.78 is 8.88. The van der Waals surface area contributed by atoms with Gasteiger partial charge in [-0.15, -0.1) is 12.4 Å². The van der Waals surface area contributed by atoms with Crippen LogP contribution in [0.25, 0.3) is 0 Å². The first-order chi connectivity index (χ1) is 2.00. The fraction of sp³-hybridized carbons (Fsp3) is 0. The molecule has 0 heterocycles. The molecule has 0 spiro atoms. The van der Waals surface area contributed by atoms with Gasteiger partial charge < -0.3 is 21.8 Å². The predicted octanol–water partition coefficient (Wildman–Crippen LogP) is -3.70. The van der Waals surface area contributed by atoms with Gasteiger partial charge in [0.1, 0.15) is 0 Å². The van der Waals surface area contributed by atoms with Crippen molar-refractivity contribution >= 4 is 81.0 Å². The molecule has 0 rings (SSSR count).